The van der Waals surface area contributed by atoms with Crippen molar-refractivity contribution < 1.29 is 14.7 Å². The van der Waals surface area contributed by atoms with Crippen molar-refractivity contribution in [1.82, 2.24) is 4.90 Å². The maximum atomic E-state index is 12.9. The molecule has 0 heterocycles. The molecule has 1 amide bonds. The standard InChI is InChI=1S/C20H23NO3/c1-4-21(19(22)17-11-14(2)10-15(3)12-17)18(20(23)24)13-16-8-6-5-7-9-16/h5-12,18H,4,13H2,1-3H3,(H,23,24)/t18-/m1/s1. The predicted octanol–water partition coefficient (Wildman–Crippen LogP) is 3.46. The fourth-order valence-electron chi connectivity index (χ4n) is 2.94. The van der Waals surface area contributed by atoms with Crippen LogP contribution in [0.4, 0.5) is 0 Å². The Kier molecular flexibility index (Phi) is 5.74. The number of aryl methyl sites for hydroxylation is 2. The van der Waals surface area contributed by atoms with Crippen LogP contribution in [0, 0.1) is 13.8 Å². The Hall–Kier alpha value is -2.62. The van der Waals surface area contributed by atoms with Crippen molar-refractivity contribution >= 4 is 11.9 Å². The van der Waals surface area contributed by atoms with Crippen molar-refractivity contribution in [1.29, 1.82) is 0 Å². The Morgan fingerprint density at radius 3 is 2.12 bits per heavy atom. The summed E-state index contributed by atoms with van der Waals surface area (Å²) in [6.45, 7) is 6.01. The number of benzene rings is 2. The molecule has 0 radical (unpaired) electrons. The van der Waals surface area contributed by atoms with Crippen molar-refractivity contribution in [2.45, 2.75) is 33.2 Å². The zero-order valence-corrected chi connectivity index (χ0v) is 14.3. The smallest absolute Gasteiger partial charge is 0.326 e. The Balaban J connectivity index is 2.31. The summed E-state index contributed by atoms with van der Waals surface area (Å²) in [6.07, 6.45) is 0.292. The lowest BCUT2D eigenvalue weighted by Gasteiger charge is -2.28. The fraction of sp³-hybridized carbons (Fsp3) is 0.300. The first-order valence-electron chi connectivity index (χ1n) is 8.08. The number of aliphatic carboxylic acids is 1. The largest absolute Gasteiger partial charge is 0.480 e. The first-order chi connectivity index (χ1) is 11.4. The molecule has 4 nitrogen and oxygen atoms in total. The summed E-state index contributed by atoms with van der Waals surface area (Å²) in [5, 5.41) is 9.65. The zero-order chi connectivity index (χ0) is 17.7. The van der Waals surface area contributed by atoms with E-state index in [1.807, 2.05) is 57.2 Å². The molecule has 0 unspecified atom stereocenters. The van der Waals surface area contributed by atoms with E-state index in [1.165, 1.54) is 4.90 Å². The van der Waals surface area contributed by atoms with Gasteiger partial charge in [0, 0.05) is 18.5 Å². The molecule has 0 saturated heterocycles. The Morgan fingerprint density at radius 1 is 1.04 bits per heavy atom. The van der Waals surface area contributed by atoms with Crippen LogP contribution in [0.3, 0.4) is 0 Å². The summed E-state index contributed by atoms with van der Waals surface area (Å²) in [7, 11) is 0. The van der Waals surface area contributed by atoms with E-state index in [9.17, 15) is 14.7 Å². The van der Waals surface area contributed by atoms with E-state index in [4.69, 9.17) is 0 Å². The molecule has 0 fully saturated rings. The van der Waals surface area contributed by atoms with Crippen LogP contribution in [-0.4, -0.2) is 34.5 Å². The Morgan fingerprint density at radius 2 is 1.62 bits per heavy atom. The molecular weight excluding hydrogens is 302 g/mol. The van der Waals surface area contributed by atoms with E-state index in [1.54, 1.807) is 12.1 Å². The number of amides is 1. The number of likely N-dealkylation sites (N-methyl/N-ethyl adjacent to an activating group) is 1. The van der Waals surface area contributed by atoms with E-state index in [0.29, 0.717) is 18.5 Å². The number of carboxylic acids is 1. The van der Waals surface area contributed by atoms with Gasteiger partial charge in [0.05, 0.1) is 0 Å². The molecule has 4 heteroatoms. The molecule has 0 aromatic heterocycles. The molecule has 1 N–H and O–H groups in total. The van der Waals surface area contributed by atoms with Crippen LogP contribution in [0.25, 0.3) is 0 Å². The molecule has 2 aromatic carbocycles. The normalized spacial score (nSPS) is 11.8. The molecule has 2 aromatic rings. The first-order valence-corrected chi connectivity index (χ1v) is 8.08. The second-order valence-electron chi connectivity index (χ2n) is 6.01. The fourth-order valence-corrected chi connectivity index (χ4v) is 2.94. The highest BCUT2D eigenvalue weighted by atomic mass is 16.4. The van der Waals surface area contributed by atoms with Gasteiger partial charge in [0.2, 0.25) is 0 Å². The maximum absolute atomic E-state index is 12.9. The zero-order valence-electron chi connectivity index (χ0n) is 14.3. The average Bonchev–Trinajstić information content (AvgIpc) is 2.54. The highest BCUT2D eigenvalue weighted by Gasteiger charge is 2.29. The summed E-state index contributed by atoms with van der Waals surface area (Å²) in [4.78, 5) is 26.1. The van der Waals surface area contributed by atoms with E-state index in [-0.39, 0.29) is 5.91 Å². The van der Waals surface area contributed by atoms with Gasteiger partial charge in [-0.2, -0.15) is 0 Å². The number of carbonyl (C=O) groups is 2. The Labute approximate surface area is 142 Å². The molecule has 0 saturated carbocycles. The first kappa shape index (κ1) is 17.7. The van der Waals surface area contributed by atoms with Crippen molar-refractivity contribution in [2.75, 3.05) is 6.54 Å². The minimum atomic E-state index is -0.988. The lowest BCUT2D eigenvalue weighted by Crippen LogP contribution is -2.46. The van der Waals surface area contributed by atoms with Gasteiger partial charge in [-0.05, 0) is 38.5 Å². The van der Waals surface area contributed by atoms with Crippen LogP contribution in [0.2, 0.25) is 0 Å². The number of rotatable bonds is 6. The molecule has 0 aliphatic carbocycles. The molecule has 24 heavy (non-hydrogen) atoms. The lowest BCUT2D eigenvalue weighted by molar-refractivity contribution is -0.142. The predicted molar refractivity (Wildman–Crippen MR) is 94.2 cm³/mol. The second kappa shape index (κ2) is 7.77. The molecule has 0 aliphatic heterocycles. The molecule has 1 atom stereocenters. The van der Waals surface area contributed by atoms with Gasteiger partial charge in [0.15, 0.2) is 0 Å². The van der Waals surface area contributed by atoms with Crippen molar-refractivity contribution in [2.24, 2.45) is 0 Å². The monoisotopic (exact) mass is 325 g/mol. The molecular formula is C20H23NO3. The van der Waals surface area contributed by atoms with Gasteiger partial charge in [0.25, 0.3) is 5.91 Å². The third-order valence-corrected chi connectivity index (χ3v) is 4.00. The number of nitrogens with zero attached hydrogens (tertiary/aromatic N) is 1. The van der Waals surface area contributed by atoms with Crippen molar-refractivity contribution in [3.63, 3.8) is 0 Å². The van der Waals surface area contributed by atoms with Crippen molar-refractivity contribution in [3.8, 4) is 0 Å². The molecule has 0 bridgehead atoms. The molecule has 126 valence electrons. The van der Waals surface area contributed by atoms with Gasteiger partial charge in [-0.1, -0.05) is 47.5 Å². The summed E-state index contributed by atoms with van der Waals surface area (Å²) < 4.78 is 0. The summed E-state index contributed by atoms with van der Waals surface area (Å²) in [5.74, 6) is -1.23. The van der Waals surface area contributed by atoms with Gasteiger partial charge < -0.3 is 10.0 Å². The lowest BCUT2D eigenvalue weighted by atomic mass is 10.0. The maximum Gasteiger partial charge on any atom is 0.326 e. The van der Waals surface area contributed by atoms with Crippen LogP contribution in [0.15, 0.2) is 48.5 Å². The summed E-state index contributed by atoms with van der Waals surface area (Å²) >= 11 is 0. The highest BCUT2D eigenvalue weighted by Crippen LogP contribution is 2.16. The summed E-state index contributed by atoms with van der Waals surface area (Å²) in [6, 6.07) is 14.1. The van der Waals surface area contributed by atoms with Gasteiger partial charge in [-0.15, -0.1) is 0 Å². The molecule has 0 spiro atoms. The quantitative estimate of drug-likeness (QED) is 0.885. The van der Waals surface area contributed by atoms with Crippen LogP contribution in [0.1, 0.15) is 34.0 Å². The van der Waals surface area contributed by atoms with Crippen LogP contribution in [-0.2, 0) is 11.2 Å². The number of hydrogen-bond acceptors (Lipinski definition) is 2. The SMILES string of the molecule is CCN(C(=O)c1cc(C)cc(C)c1)[C@H](Cc1ccccc1)C(=O)O. The number of carboxylic acid groups (broad SMARTS) is 1. The Bertz CT molecular complexity index is 705. The molecule has 0 aliphatic rings. The summed E-state index contributed by atoms with van der Waals surface area (Å²) in [5.41, 5.74) is 3.42. The van der Waals surface area contributed by atoms with E-state index in [2.05, 4.69) is 0 Å². The minimum Gasteiger partial charge on any atom is -0.480 e. The van der Waals surface area contributed by atoms with Crippen LogP contribution < -0.4 is 0 Å². The van der Waals surface area contributed by atoms with E-state index in [0.717, 1.165) is 16.7 Å². The van der Waals surface area contributed by atoms with Crippen LogP contribution >= 0.6 is 0 Å². The van der Waals surface area contributed by atoms with Gasteiger partial charge in [-0.3, -0.25) is 4.79 Å². The third-order valence-electron chi connectivity index (χ3n) is 4.00. The van der Waals surface area contributed by atoms with Gasteiger partial charge in [-0.25, -0.2) is 4.79 Å². The molecule has 2 rings (SSSR count). The minimum absolute atomic E-state index is 0.243. The highest BCUT2D eigenvalue weighted by molar-refractivity contribution is 5.97. The van der Waals surface area contributed by atoms with E-state index < -0.39 is 12.0 Å². The van der Waals surface area contributed by atoms with Crippen LogP contribution in [0.5, 0.6) is 0 Å². The second-order valence-corrected chi connectivity index (χ2v) is 6.01. The topological polar surface area (TPSA) is 57.6 Å². The number of hydrogen-bond donors (Lipinski definition) is 1. The van der Waals surface area contributed by atoms with Gasteiger partial charge >= 0.3 is 5.97 Å². The van der Waals surface area contributed by atoms with E-state index >= 15 is 0 Å². The third kappa shape index (κ3) is 4.22. The van der Waals surface area contributed by atoms with Crippen molar-refractivity contribution in [3.05, 3.63) is 70.8 Å². The van der Waals surface area contributed by atoms with Gasteiger partial charge in [0.1, 0.15) is 6.04 Å². The number of carbonyl (C=O) groups excluding carboxylic acids is 1. The average molecular weight is 325 g/mol.